The predicted molar refractivity (Wildman–Crippen MR) is 192 cm³/mol. The maximum atomic E-state index is 2.64. The second-order valence-corrected chi connectivity index (χ2v) is 20.2. The van der Waals surface area contributed by atoms with E-state index in [0.29, 0.717) is 10.1 Å². The standard InChI is InChI=1S/C21H25.C13H10.C10H15.2ClH.Ti/c1-20(2,3)16-9-7-14-11-15-8-10-17(21(4,5)6)13-19(15)18(14)12-16;1-3-7-12(8-4-1)11-13-9-5-2-6-10-13;1-8-5-6-9(7-8)10(2,3)4;;;/h7-13H,1-6H3;1-10H;6-8H,1-4H3;2*1H;/q;;;;;+2/p-2. The molecule has 3 heteroatoms. The van der Waals surface area contributed by atoms with Gasteiger partial charge in [-0.1, -0.05) is 0 Å². The van der Waals surface area contributed by atoms with E-state index in [2.05, 4.69) is 178 Å². The maximum Gasteiger partial charge on any atom is -1.00 e. The first-order chi connectivity index (χ1) is 21.1. The van der Waals surface area contributed by atoms with E-state index in [1.165, 1.54) is 50.1 Å². The van der Waals surface area contributed by atoms with Crippen LogP contribution in [0.1, 0.15) is 107 Å². The third-order valence-electron chi connectivity index (χ3n) is 9.84. The minimum absolute atomic E-state index is 0. The Labute approximate surface area is 303 Å². The van der Waals surface area contributed by atoms with Crippen LogP contribution in [-0.4, -0.2) is 3.81 Å². The summed E-state index contributed by atoms with van der Waals surface area (Å²) >= 11 is -2.36. The summed E-state index contributed by atoms with van der Waals surface area (Å²) in [6.45, 7) is 23.6. The van der Waals surface area contributed by atoms with E-state index in [-0.39, 0.29) is 41.1 Å². The third-order valence-corrected chi connectivity index (χ3v) is 15.4. The van der Waals surface area contributed by atoms with Gasteiger partial charge in [0.05, 0.1) is 0 Å². The Hall–Kier alpha value is -2.48. The van der Waals surface area contributed by atoms with Gasteiger partial charge in [0.2, 0.25) is 0 Å². The van der Waals surface area contributed by atoms with E-state index in [4.69, 9.17) is 0 Å². The van der Waals surface area contributed by atoms with Gasteiger partial charge in [-0.25, -0.2) is 0 Å². The number of benzene rings is 4. The Morgan fingerprint density at radius 3 is 1.34 bits per heavy atom. The fraction of sp³-hybridized carbons (Fsp3) is 0.341. The Morgan fingerprint density at radius 1 is 0.553 bits per heavy atom. The van der Waals surface area contributed by atoms with Crippen LogP contribution in [0.25, 0.3) is 11.1 Å². The van der Waals surface area contributed by atoms with Crippen molar-refractivity contribution in [3.63, 3.8) is 0 Å². The molecule has 0 aliphatic heterocycles. The van der Waals surface area contributed by atoms with E-state index < -0.39 is 17.4 Å². The van der Waals surface area contributed by atoms with E-state index in [0.717, 1.165) is 0 Å². The van der Waals surface area contributed by atoms with Gasteiger partial charge in [-0.2, -0.15) is 0 Å². The molecule has 4 aromatic carbocycles. The van der Waals surface area contributed by atoms with Crippen LogP contribution in [0.2, 0.25) is 0 Å². The Bertz CT molecular complexity index is 1730. The zero-order valence-electron chi connectivity index (χ0n) is 29.8. The molecule has 0 nitrogen and oxygen atoms in total. The van der Waals surface area contributed by atoms with Gasteiger partial charge in [0.25, 0.3) is 0 Å². The van der Waals surface area contributed by atoms with Crippen LogP contribution < -0.4 is 24.8 Å². The molecule has 4 aromatic rings. The second-order valence-electron chi connectivity index (χ2n) is 16.3. The molecule has 2 aliphatic rings. The Morgan fingerprint density at radius 2 is 0.979 bits per heavy atom. The summed E-state index contributed by atoms with van der Waals surface area (Å²) in [5, 5.41) is 0. The molecule has 0 amide bonds. The molecule has 1 unspecified atom stereocenters. The molecule has 0 aromatic heterocycles. The van der Waals surface area contributed by atoms with Gasteiger partial charge in [0.1, 0.15) is 0 Å². The summed E-state index contributed by atoms with van der Waals surface area (Å²) in [5.74, 6) is 0.423. The molecular weight excluding hydrogens is 647 g/mol. The fourth-order valence-corrected chi connectivity index (χ4v) is 13.2. The first kappa shape index (κ1) is 37.3. The van der Waals surface area contributed by atoms with Crippen molar-refractivity contribution in [1.82, 2.24) is 0 Å². The normalized spacial score (nSPS) is 15.7. The van der Waals surface area contributed by atoms with Gasteiger partial charge in [-0.05, 0) is 0 Å². The monoisotopic (exact) mass is 696 g/mol. The molecule has 47 heavy (non-hydrogen) atoms. The molecule has 244 valence electrons. The van der Waals surface area contributed by atoms with Crippen LogP contribution in [-0.2, 0) is 28.2 Å². The largest absolute Gasteiger partial charge is 1.00 e. The molecule has 0 saturated carbocycles. The molecule has 2 aliphatic carbocycles. The number of allylic oxidation sites excluding steroid dienone is 4. The second kappa shape index (κ2) is 13.8. The number of rotatable bonds is 4. The molecule has 0 fully saturated rings. The molecule has 0 bridgehead atoms. The maximum absolute atomic E-state index is 2.64. The van der Waals surface area contributed by atoms with Crippen molar-refractivity contribution >= 4 is 3.81 Å². The quantitative estimate of drug-likeness (QED) is 0.239. The first-order valence-corrected chi connectivity index (χ1v) is 19.2. The Balaban J connectivity index is 0.00000250. The zero-order valence-corrected chi connectivity index (χ0v) is 32.9. The first-order valence-electron chi connectivity index (χ1n) is 16.7. The number of hydrogen-bond donors (Lipinski definition) is 0. The number of fused-ring (bicyclic) bond motifs is 3. The van der Waals surface area contributed by atoms with E-state index >= 15 is 0 Å². The average Bonchev–Trinajstić information content (AvgIpc) is 3.53. The fourth-order valence-electron chi connectivity index (χ4n) is 7.13. The summed E-state index contributed by atoms with van der Waals surface area (Å²) in [4.78, 5) is 0. The van der Waals surface area contributed by atoms with Crippen molar-refractivity contribution < 1.29 is 42.2 Å². The minimum Gasteiger partial charge on any atom is -1.00 e. The van der Waals surface area contributed by atoms with Gasteiger partial charge in [0, 0.05) is 0 Å². The van der Waals surface area contributed by atoms with Gasteiger partial charge in [-0.15, -0.1) is 0 Å². The molecule has 1 atom stereocenters. The smallest absolute Gasteiger partial charge is 1.00 e. The summed E-state index contributed by atoms with van der Waals surface area (Å²) in [7, 11) is 0. The van der Waals surface area contributed by atoms with Crippen LogP contribution >= 0.6 is 0 Å². The summed E-state index contributed by atoms with van der Waals surface area (Å²) < 4.78 is 3.64. The van der Waals surface area contributed by atoms with Crippen LogP contribution in [0, 0.1) is 11.3 Å². The van der Waals surface area contributed by atoms with Gasteiger partial charge in [0.15, 0.2) is 0 Å². The van der Waals surface area contributed by atoms with Gasteiger partial charge in [-0.3, -0.25) is 0 Å². The van der Waals surface area contributed by atoms with Gasteiger partial charge >= 0.3 is 280 Å². The van der Waals surface area contributed by atoms with Crippen LogP contribution in [0.3, 0.4) is 0 Å². The Kier molecular flexibility index (Phi) is 11.0. The molecule has 0 heterocycles. The molecule has 6 rings (SSSR count). The zero-order chi connectivity index (χ0) is 32.3. The van der Waals surface area contributed by atoms with Crippen molar-refractivity contribution in [2.45, 2.75) is 84.3 Å². The number of hydrogen-bond acceptors (Lipinski definition) is 0. The summed E-state index contributed by atoms with van der Waals surface area (Å²) in [6, 6.07) is 37.6. The molecule has 0 N–H and O–H groups in total. The van der Waals surface area contributed by atoms with E-state index in [9.17, 15) is 0 Å². The summed E-state index contributed by atoms with van der Waals surface area (Å²) in [6.07, 6.45) is 5.20. The summed E-state index contributed by atoms with van der Waals surface area (Å²) in [5.41, 5.74) is 13.3. The SMILES string of the molecule is CC1C=C(C(C)(C)C)C=[C]1[Ti+2](=[C](c1ccccc1)c1ccccc1)[CH]1c2ccc(C(C)(C)C)cc2-c2cc(C(C)(C)C)ccc21.[Cl-].[Cl-]. The van der Waals surface area contributed by atoms with Crippen molar-refractivity contribution in [1.29, 1.82) is 0 Å². The number of halogens is 2. The van der Waals surface area contributed by atoms with E-state index in [1.54, 1.807) is 7.69 Å². The predicted octanol–water partition coefficient (Wildman–Crippen LogP) is 5.75. The van der Waals surface area contributed by atoms with Crippen molar-refractivity contribution in [2.75, 3.05) is 0 Å². The van der Waals surface area contributed by atoms with Crippen molar-refractivity contribution in [2.24, 2.45) is 11.3 Å². The van der Waals surface area contributed by atoms with Crippen LogP contribution in [0.5, 0.6) is 0 Å². The average molecular weight is 698 g/mol. The van der Waals surface area contributed by atoms with Crippen molar-refractivity contribution in [3.8, 4) is 11.1 Å². The minimum atomic E-state index is -2.36. The topological polar surface area (TPSA) is 0 Å². The van der Waals surface area contributed by atoms with Crippen LogP contribution in [0.4, 0.5) is 0 Å². The molecule has 0 radical (unpaired) electrons. The van der Waals surface area contributed by atoms with E-state index in [1.807, 2.05) is 0 Å². The molecular formula is C44H50Cl2Ti. The van der Waals surface area contributed by atoms with Crippen LogP contribution in [0.15, 0.2) is 119 Å². The third kappa shape index (κ3) is 7.28. The molecule has 0 spiro atoms. The van der Waals surface area contributed by atoms with Gasteiger partial charge < -0.3 is 24.8 Å². The molecule has 0 saturated heterocycles. The van der Waals surface area contributed by atoms with Crippen molar-refractivity contribution in [3.05, 3.63) is 152 Å².